The smallest absolute Gasteiger partial charge is 0.122 e. The molecule has 5 nitrogen and oxygen atoms in total. The number of likely N-dealkylation sites (tertiary alicyclic amines) is 1. The maximum atomic E-state index is 4.76. The van der Waals surface area contributed by atoms with E-state index in [0.29, 0.717) is 5.92 Å². The third kappa shape index (κ3) is 3.93. The molecule has 27 heavy (non-hydrogen) atoms. The summed E-state index contributed by atoms with van der Waals surface area (Å²) in [5, 5.41) is 0. The Bertz CT molecular complexity index is 901. The number of piperidine rings is 1. The summed E-state index contributed by atoms with van der Waals surface area (Å²) >= 11 is 0. The van der Waals surface area contributed by atoms with Gasteiger partial charge in [-0.15, -0.1) is 0 Å². The minimum absolute atomic E-state index is 0.410. The van der Waals surface area contributed by atoms with Crippen molar-refractivity contribution in [2.75, 3.05) is 13.1 Å². The standard InChI is InChI=1S/C22H27N5/c1-3-27-13-11-23-20(27)16-26-12-5-8-19(15-26)22-21(24-9-10-25-22)18-7-4-6-17(2)14-18/h4,6-7,9-11,13-14,19H,3,5,8,12,15-16H2,1-2H3. The number of hydrogen-bond donors (Lipinski definition) is 0. The van der Waals surface area contributed by atoms with Crippen LogP contribution in [0.1, 0.15) is 42.8 Å². The molecule has 0 saturated carbocycles. The SMILES string of the molecule is CCn1ccnc1CN1CCCC(c2nccnc2-c2cccc(C)c2)C1. The molecule has 0 radical (unpaired) electrons. The molecular weight excluding hydrogens is 334 g/mol. The lowest BCUT2D eigenvalue weighted by Gasteiger charge is -2.32. The van der Waals surface area contributed by atoms with Gasteiger partial charge in [-0.3, -0.25) is 14.9 Å². The second-order valence-corrected chi connectivity index (χ2v) is 7.36. The van der Waals surface area contributed by atoms with Gasteiger partial charge < -0.3 is 4.57 Å². The van der Waals surface area contributed by atoms with Crippen molar-refractivity contribution in [3.8, 4) is 11.3 Å². The van der Waals surface area contributed by atoms with E-state index in [1.165, 1.54) is 12.0 Å². The van der Waals surface area contributed by atoms with Crippen LogP contribution in [0.15, 0.2) is 49.1 Å². The number of rotatable bonds is 5. The van der Waals surface area contributed by atoms with Crippen molar-refractivity contribution in [3.63, 3.8) is 0 Å². The Kier molecular flexibility index (Phi) is 5.30. The average Bonchev–Trinajstić information content (AvgIpc) is 3.15. The van der Waals surface area contributed by atoms with Crippen molar-refractivity contribution in [2.24, 2.45) is 0 Å². The van der Waals surface area contributed by atoms with Crippen molar-refractivity contribution in [3.05, 3.63) is 66.1 Å². The zero-order chi connectivity index (χ0) is 18.6. The zero-order valence-corrected chi connectivity index (χ0v) is 16.2. The summed E-state index contributed by atoms with van der Waals surface area (Å²) in [6.45, 7) is 8.28. The molecule has 1 aromatic carbocycles. The lowest BCUT2D eigenvalue weighted by atomic mass is 9.91. The maximum absolute atomic E-state index is 4.76. The van der Waals surface area contributed by atoms with Gasteiger partial charge in [0.2, 0.25) is 0 Å². The Labute approximate surface area is 161 Å². The van der Waals surface area contributed by atoms with Gasteiger partial charge in [-0.05, 0) is 39.3 Å². The van der Waals surface area contributed by atoms with Crippen LogP contribution in [0.25, 0.3) is 11.3 Å². The third-order valence-corrected chi connectivity index (χ3v) is 5.42. The van der Waals surface area contributed by atoms with Crippen LogP contribution in [0.4, 0.5) is 0 Å². The van der Waals surface area contributed by atoms with Crippen molar-refractivity contribution < 1.29 is 0 Å². The molecule has 2 aromatic heterocycles. The Morgan fingerprint density at radius 3 is 2.85 bits per heavy atom. The van der Waals surface area contributed by atoms with Crippen LogP contribution in [-0.2, 0) is 13.1 Å². The summed E-state index contributed by atoms with van der Waals surface area (Å²) in [5.74, 6) is 1.56. The minimum atomic E-state index is 0.410. The van der Waals surface area contributed by atoms with Gasteiger partial charge >= 0.3 is 0 Å². The topological polar surface area (TPSA) is 46.8 Å². The number of benzene rings is 1. The van der Waals surface area contributed by atoms with Gasteiger partial charge in [0, 0.05) is 49.4 Å². The predicted octanol–water partition coefficient (Wildman–Crippen LogP) is 4.05. The van der Waals surface area contributed by atoms with E-state index in [0.717, 1.165) is 55.4 Å². The first kappa shape index (κ1) is 17.9. The number of imidazole rings is 1. The van der Waals surface area contributed by atoms with Crippen molar-refractivity contribution in [1.29, 1.82) is 0 Å². The molecule has 1 atom stereocenters. The van der Waals surface area contributed by atoms with Crippen molar-refractivity contribution in [2.45, 2.75) is 45.7 Å². The van der Waals surface area contributed by atoms with Gasteiger partial charge in [0.05, 0.1) is 17.9 Å². The Hall–Kier alpha value is -2.53. The predicted molar refractivity (Wildman–Crippen MR) is 107 cm³/mol. The normalized spacial score (nSPS) is 17.9. The first-order chi connectivity index (χ1) is 13.2. The second kappa shape index (κ2) is 8.01. The van der Waals surface area contributed by atoms with Crippen LogP contribution >= 0.6 is 0 Å². The molecule has 1 aliphatic heterocycles. The van der Waals surface area contributed by atoms with E-state index in [1.54, 1.807) is 6.20 Å². The Morgan fingerprint density at radius 1 is 1.11 bits per heavy atom. The van der Waals surface area contributed by atoms with E-state index >= 15 is 0 Å². The number of nitrogens with zero attached hydrogens (tertiary/aromatic N) is 5. The molecule has 0 amide bonds. The summed E-state index contributed by atoms with van der Waals surface area (Å²) in [5.41, 5.74) is 4.58. The van der Waals surface area contributed by atoms with Crippen LogP contribution in [0.5, 0.6) is 0 Å². The van der Waals surface area contributed by atoms with Crippen LogP contribution in [0.2, 0.25) is 0 Å². The number of hydrogen-bond acceptors (Lipinski definition) is 4. The molecule has 3 aromatic rings. The first-order valence-electron chi connectivity index (χ1n) is 9.85. The van der Waals surface area contributed by atoms with Crippen molar-refractivity contribution >= 4 is 0 Å². The summed E-state index contributed by atoms with van der Waals surface area (Å²) in [4.78, 5) is 16.5. The molecule has 0 bridgehead atoms. The lowest BCUT2D eigenvalue weighted by Crippen LogP contribution is -2.35. The Balaban J connectivity index is 1.57. The van der Waals surface area contributed by atoms with Gasteiger partial charge in [0.1, 0.15) is 5.82 Å². The van der Waals surface area contributed by atoms with E-state index in [9.17, 15) is 0 Å². The molecular formula is C22H27N5. The molecule has 0 spiro atoms. The Morgan fingerprint density at radius 2 is 2.00 bits per heavy atom. The minimum Gasteiger partial charge on any atom is -0.334 e. The quantitative estimate of drug-likeness (QED) is 0.688. The largest absolute Gasteiger partial charge is 0.334 e. The maximum Gasteiger partial charge on any atom is 0.122 e. The third-order valence-electron chi connectivity index (χ3n) is 5.42. The van der Waals surface area contributed by atoms with Gasteiger partial charge in [-0.25, -0.2) is 4.98 Å². The van der Waals surface area contributed by atoms with Gasteiger partial charge in [0.15, 0.2) is 0 Å². The first-order valence-corrected chi connectivity index (χ1v) is 9.85. The van der Waals surface area contributed by atoms with E-state index in [4.69, 9.17) is 9.97 Å². The van der Waals surface area contributed by atoms with E-state index in [2.05, 4.69) is 58.8 Å². The molecule has 0 aliphatic carbocycles. The summed E-state index contributed by atoms with van der Waals surface area (Å²) in [6.07, 6.45) is 9.95. The molecule has 1 saturated heterocycles. The highest BCUT2D eigenvalue weighted by Crippen LogP contribution is 2.32. The number of aromatic nitrogens is 4. The fourth-order valence-electron chi connectivity index (χ4n) is 4.06. The van der Waals surface area contributed by atoms with E-state index in [1.807, 2.05) is 12.4 Å². The van der Waals surface area contributed by atoms with Crippen LogP contribution in [-0.4, -0.2) is 37.5 Å². The van der Waals surface area contributed by atoms with Crippen LogP contribution in [0.3, 0.4) is 0 Å². The molecule has 0 N–H and O–H groups in total. The molecule has 140 valence electrons. The average molecular weight is 361 g/mol. The molecule has 1 fully saturated rings. The van der Waals surface area contributed by atoms with Gasteiger partial charge in [-0.1, -0.05) is 23.8 Å². The summed E-state index contributed by atoms with van der Waals surface area (Å²) in [7, 11) is 0. The molecule has 3 heterocycles. The van der Waals surface area contributed by atoms with Gasteiger partial charge in [-0.2, -0.15) is 0 Å². The van der Waals surface area contributed by atoms with E-state index in [-0.39, 0.29) is 0 Å². The summed E-state index contributed by atoms with van der Waals surface area (Å²) < 4.78 is 2.23. The van der Waals surface area contributed by atoms with E-state index < -0.39 is 0 Å². The second-order valence-electron chi connectivity index (χ2n) is 7.36. The highest BCUT2D eigenvalue weighted by atomic mass is 15.2. The van der Waals surface area contributed by atoms with Crippen LogP contribution in [0, 0.1) is 6.92 Å². The summed E-state index contributed by atoms with van der Waals surface area (Å²) in [6, 6.07) is 8.56. The fraction of sp³-hybridized carbons (Fsp3) is 0.409. The molecule has 4 rings (SSSR count). The molecule has 1 aliphatic rings. The van der Waals surface area contributed by atoms with Crippen molar-refractivity contribution in [1.82, 2.24) is 24.4 Å². The highest BCUT2D eigenvalue weighted by Gasteiger charge is 2.26. The molecule has 5 heteroatoms. The van der Waals surface area contributed by atoms with Gasteiger partial charge in [0.25, 0.3) is 0 Å². The monoisotopic (exact) mass is 361 g/mol. The highest BCUT2D eigenvalue weighted by molar-refractivity contribution is 5.63. The zero-order valence-electron chi connectivity index (χ0n) is 16.2. The fourth-order valence-corrected chi connectivity index (χ4v) is 4.06. The van der Waals surface area contributed by atoms with Crippen LogP contribution < -0.4 is 0 Å². The lowest BCUT2D eigenvalue weighted by molar-refractivity contribution is 0.192. The molecule has 1 unspecified atom stereocenters. The number of aryl methyl sites for hydroxylation is 2.